The zero-order chi connectivity index (χ0) is 13.1. The van der Waals surface area contributed by atoms with Crippen LogP contribution in [-0.2, 0) is 9.47 Å². The molecule has 4 N–H and O–H groups in total. The molecular formula is C12H22O6. The number of hydrogen-bond acceptors (Lipinski definition) is 6. The summed E-state index contributed by atoms with van der Waals surface area (Å²) in [5.74, 6) is 0. The van der Waals surface area contributed by atoms with Gasteiger partial charge in [-0.2, -0.15) is 0 Å². The minimum Gasteiger partial charge on any atom is -0.394 e. The molecule has 1 saturated heterocycles. The first-order valence-corrected chi connectivity index (χ1v) is 6.59. The first kappa shape index (κ1) is 14.2. The lowest BCUT2D eigenvalue weighted by atomic mass is 9.96. The van der Waals surface area contributed by atoms with Crippen LogP contribution in [0.4, 0.5) is 0 Å². The van der Waals surface area contributed by atoms with E-state index in [1.807, 2.05) is 0 Å². The van der Waals surface area contributed by atoms with Crippen LogP contribution >= 0.6 is 0 Å². The van der Waals surface area contributed by atoms with E-state index in [1.54, 1.807) is 0 Å². The van der Waals surface area contributed by atoms with Crippen LogP contribution in [0.15, 0.2) is 0 Å². The predicted molar refractivity (Wildman–Crippen MR) is 61.7 cm³/mol. The molecule has 0 spiro atoms. The fraction of sp³-hybridized carbons (Fsp3) is 1.00. The Morgan fingerprint density at radius 2 is 1.61 bits per heavy atom. The highest BCUT2D eigenvalue weighted by atomic mass is 16.7. The first-order valence-electron chi connectivity index (χ1n) is 6.59. The van der Waals surface area contributed by atoms with Gasteiger partial charge in [0.2, 0.25) is 0 Å². The summed E-state index contributed by atoms with van der Waals surface area (Å²) in [6, 6.07) is 0. The molecule has 3 unspecified atom stereocenters. The van der Waals surface area contributed by atoms with Crippen molar-refractivity contribution in [1.82, 2.24) is 0 Å². The van der Waals surface area contributed by atoms with Crippen LogP contribution < -0.4 is 0 Å². The Balaban J connectivity index is 1.93. The standard InChI is InChI=1S/C12H22O6/c13-6-8-9(14)10(15)11(16)12(18-8)17-7-4-2-1-3-5-7/h7-16H,1-6H2/t8?,9-,10?,11?,12-/m1/s1. The molecule has 5 atom stereocenters. The van der Waals surface area contributed by atoms with Gasteiger partial charge in [0.25, 0.3) is 0 Å². The van der Waals surface area contributed by atoms with Gasteiger partial charge in [-0.3, -0.25) is 0 Å². The second-order valence-corrected chi connectivity index (χ2v) is 5.09. The Hall–Kier alpha value is -0.240. The highest BCUT2D eigenvalue weighted by Crippen LogP contribution is 2.27. The summed E-state index contributed by atoms with van der Waals surface area (Å²) in [4.78, 5) is 0. The van der Waals surface area contributed by atoms with E-state index < -0.39 is 37.3 Å². The van der Waals surface area contributed by atoms with Crippen molar-refractivity contribution in [3.8, 4) is 0 Å². The molecule has 1 aliphatic heterocycles. The van der Waals surface area contributed by atoms with E-state index in [0.29, 0.717) is 0 Å². The van der Waals surface area contributed by atoms with Crippen molar-refractivity contribution in [2.45, 2.75) is 68.9 Å². The molecule has 106 valence electrons. The number of aliphatic hydroxyl groups excluding tert-OH is 4. The van der Waals surface area contributed by atoms with Gasteiger partial charge in [0, 0.05) is 0 Å². The highest BCUT2D eigenvalue weighted by molar-refractivity contribution is 4.89. The molecule has 2 aliphatic rings. The van der Waals surface area contributed by atoms with Gasteiger partial charge < -0.3 is 29.9 Å². The molecule has 0 aromatic rings. The summed E-state index contributed by atoms with van der Waals surface area (Å²) in [6.07, 6.45) is -0.644. The quantitative estimate of drug-likeness (QED) is 0.528. The highest BCUT2D eigenvalue weighted by Gasteiger charge is 2.44. The zero-order valence-corrected chi connectivity index (χ0v) is 10.3. The topological polar surface area (TPSA) is 99.4 Å². The number of aliphatic hydroxyl groups is 4. The van der Waals surface area contributed by atoms with Crippen molar-refractivity contribution in [3.63, 3.8) is 0 Å². The van der Waals surface area contributed by atoms with Crippen LogP contribution in [-0.4, -0.2) is 63.8 Å². The Kier molecular flexibility index (Phi) is 4.94. The van der Waals surface area contributed by atoms with Gasteiger partial charge in [0.15, 0.2) is 6.29 Å². The van der Waals surface area contributed by atoms with Crippen molar-refractivity contribution in [2.24, 2.45) is 0 Å². The SMILES string of the molecule is OCC1O[C@@H](OC2CCCCC2)C(O)C(O)[C@@H]1O. The van der Waals surface area contributed by atoms with Crippen LogP contribution in [0.3, 0.4) is 0 Å². The summed E-state index contributed by atoms with van der Waals surface area (Å²) in [5.41, 5.74) is 0. The average molecular weight is 262 g/mol. The van der Waals surface area contributed by atoms with E-state index in [1.165, 1.54) is 6.42 Å². The Labute approximate surface area is 106 Å². The first-order chi connectivity index (χ1) is 8.63. The molecule has 0 aromatic carbocycles. The fourth-order valence-corrected chi connectivity index (χ4v) is 2.57. The predicted octanol–water partition coefficient (Wildman–Crippen LogP) is -0.864. The molecule has 0 radical (unpaired) electrons. The van der Waals surface area contributed by atoms with E-state index in [2.05, 4.69) is 0 Å². The average Bonchev–Trinajstić information content (AvgIpc) is 2.40. The molecule has 0 bridgehead atoms. The lowest BCUT2D eigenvalue weighted by Crippen LogP contribution is -2.59. The molecule has 6 heteroatoms. The van der Waals surface area contributed by atoms with Gasteiger partial charge in [-0.05, 0) is 12.8 Å². The number of ether oxygens (including phenoxy) is 2. The maximum atomic E-state index is 9.81. The third-order valence-electron chi connectivity index (χ3n) is 3.73. The van der Waals surface area contributed by atoms with Gasteiger partial charge in [-0.15, -0.1) is 0 Å². The van der Waals surface area contributed by atoms with E-state index in [9.17, 15) is 15.3 Å². The zero-order valence-electron chi connectivity index (χ0n) is 10.3. The van der Waals surface area contributed by atoms with Crippen molar-refractivity contribution in [2.75, 3.05) is 6.61 Å². The minimum absolute atomic E-state index is 0.0141. The molecule has 0 aromatic heterocycles. The van der Waals surface area contributed by atoms with Gasteiger partial charge in [-0.25, -0.2) is 0 Å². The maximum absolute atomic E-state index is 9.81. The maximum Gasteiger partial charge on any atom is 0.186 e. The molecule has 2 rings (SSSR count). The lowest BCUT2D eigenvalue weighted by molar-refractivity contribution is -0.312. The van der Waals surface area contributed by atoms with E-state index >= 15 is 0 Å². The Morgan fingerprint density at radius 1 is 0.944 bits per heavy atom. The molecule has 6 nitrogen and oxygen atoms in total. The minimum atomic E-state index is -1.36. The Morgan fingerprint density at radius 3 is 2.22 bits per heavy atom. The van der Waals surface area contributed by atoms with Crippen molar-refractivity contribution < 1.29 is 29.9 Å². The summed E-state index contributed by atoms with van der Waals surface area (Å²) in [6.45, 7) is -0.421. The fourth-order valence-electron chi connectivity index (χ4n) is 2.57. The monoisotopic (exact) mass is 262 g/mol. The summed E-state index contributed by atoms with van der Waals surface area (Å²) >= 11 is 0. The van der Waals surface area contributed by atoms with E-state index in [0.717, 1.165) is 25.7 Å². The molecule has 0 amide bonds. The second kappa shape index (κ2) is 6.27. The summed E-state index contributed by atoms with van der Waals surface area (Å²) < 4.78 is 10.9. The molecule has 2 fully saturated rings. The van der Waals surface area contributed by atoms with Gasteiger partial charge in [-0.1, -0.05) is 19.3 Å². The molecule has 1 heterocycles. The van der Waals surface area contributed by atoms with Crippen LogP contribution in [0.2, 0.25) is 0 Å². The van der Waals surface area contributed by atoms with Crippen molar-refractivity contribution >= 4 is 0 Å². The smallest absolute Gasteiger partial charge is 0.186 e. The molecular weight excluding hydrogens is 240 g/mol. The molecule has 1 aliphatic carbocycles. The van der Waals surface area contributed by atoms with E-state index in [4.69, 9.17) is 14.6 Å². The lowest BCUT2D eigenvalue weighted by Gasteiger charge is -2.41. The summed E-state index contributed by atoms with van der Waals surface area (Å²) in [7, 11) is 0. The van der Waals surface area contributed by atoms with Gasteiger partial charge in [0.05, 0.1) is 12.7 Å². The number of rotatable bonds is 3. The normalized spacial score (nSPS) is 43.0. The van der Waals surface area contributed by atoms with Crippen LogP contribution in [0.1, 0.15) is 32.1 Å². The molecule has 18 heavy (non-hydrogen) atoms. The van der Waals surface area contributed by atoms with Crippen LogP contribution in [0, 0.1) is 0 Å². The van der Waals surface area contributed by atoms with Crippen molar-refractivity contribution in [1.29, 1.82) is 0 Å². The van der Waals surface area contributed by atoms with Crippen LogP contribution in [0.5, 0.6) is 0 Å². The van der Waals surface area contributed by atoms with Gasteiger partial charge in [0.1, 0.15) is 24.4 Å². The largest absolute Gasteiger partial charge is 0.394 e. The van der Waals surface area contributed by atoms with E-state index in [-0.39, 0.29) is 6.10 Å². The Bertz CT molecular complexity index is 253. The van der Waals surface area contributed by atoms with Gasteiger partial charge >= 0.3 is 0 Å². The third kappa shape index (κ3) is 3.01. The summed E-state index contributed by atoms with van der Waals surface area (Å²) in [5, 5.41) is 38.1. The molecule has 1 saturated carbocycles. The van der Waals surface area contributed by atoms with Crippen molar-refractivity contribution in [3.05, 3.63) is 0 Å². The number of hydrogen-bond donors (Lipinski definition) is 4. The second-order valence-electron chi connectivity index (χ2n) is 5.09. The third-order valence-corrected chi connectivity index (χ3v) is 3.73. The van der Waals surface area contributed by atoms with Crippen LogP contribution in [0.25, 0.3) is 0 Å².